The second kappa shape index (κ2) is 7.76. The first-order valence-electron chi connectivity index (χ1n) is 6.40. The Morgan fingerprint density at radius 2 is 1.76 bits per heavy atom. The molecule has 0 aliphatic carbocycles. The predicted molar refractivity (Wildman–Crippen MR) is 85.4 cm³/mol. The number of aliphatic hydroxyl groups excluding tert-OH is 1. The molecule has 5 nitrogen and oxygen atoms in total. The monoisotopic (exact) mass is 354 g/mol. The highest BCUT2D eigenvalue weighted by Gasteiger charge is 2.25. The minimum Gasteiger partial charge on any atom is -0.392 e. The van der Waals surface area contributed by atoms with Crippen LogP contribution in [0.4, 0.5) is 0 Å². The Morgan fingerprint density at radius 3 is 2.29 bits per heavy atom. The molecule has 0 aliphatic heterocycles. The van der Waals surface area contributed by atoms with Crippen LogP contribution in [-0.4, -0.2) is 57.0 Å². The quantitative estimate of drug-likeness (QED) is 0.813. The summed E-state index contributed by atoms with van der Waals surface area (Å²) in [5.74, 6) is 0. The van der Waals surface area contributed by atoms with Crippen molar-refractivity contribution in [2.75, 3.05) is 34.2 Å². The number of aliphatic hydroxyl groups is 1. The molecule has 21 heavy (non-hydrogen) atoms. The third-order valence-corrected chi connectivity index (χ3v) is 5.67. The molecule has 0 fully saturated rings. The Labute approximate surface area is 136 Å². The van der Waals surface area contributed by atoms with Gasteiger partial charge in [0.25, 0.3) is 0 Å². The van der Waals surface area contributed by atoms with Gasteiger partial charge in [0.2, 0.25) is 10.0 Å². The summed E-state index contributed by atoms with van der Waals surface area (Å²) in [5.41, 5.74) is 0.296. The summed E-state index contributed by atoms with van der Waals surface area (Å²) in [6, 6.07) is 2.76. The molecule has 0 saturated heterocycles. The minimum absolute atomic E-state index is 0.0151. The maximum atomic E-state index is 12.5. The van der Waals surface area contributed by atoms with Gasteiger partial charge in [-0.2, -0.15) is 0 Å². The predicted octanol–water partition coefficient (Wildman–Crippen LogP) is 2.06. The highest BCUT2D eigenvalue weighted by Crippen LogP contribution is 2.31. The van der Waals surface area contributed by atoms with Crippen LogP contribution in [0.1, 0.15) is 12.0 Å². The third-order valence-electron chi connectivity index (χ3n) is 3.02. The summed E-state index contributed by atoms with van der Waals surface area (Å²) in [7, 11) is 1.62. The molecule has 1 aromatic carbocycles. The molecule has 0 bridgehead atoms. The van der Waals surface area contributed by atoms with E-state index in [9.17, 15) is 13.5 Å². The lowest BCUT2D eigenvalue weighted by molar-refractivity contribution is 0.281. The van der Waals surface area contributed by atoms with E-state index in [1.807, 2.05) is 19.0 Å². The fourth-order valence-electron chi connectivity index (χ4n) is 1.82. The molecule has 8 heteroatoms. The highest BCUT2D eigenvalue weighted by molar-refractivity contribution is 7.89. The molecule has 0 heterocycles. The van der Waals surface area contributed by atoms with E-state index in [4.69, 9.17) is 23.2 Å². The van der Waals surface area contributed by atoms with Gasteiger partial charge in [0.1, 0.15) is 4.90 Å². The number of rotatable bonds is 7. The summed E-state index contributed by atoms with van der Waals surface area (Å²) in [6.07, 6.45) is 0.702. The molecule has 1 N–H and O–H groups in total. The maximum Gasteiger partial charge on any atom is 0.244 e. The van der Waals surface area contributed by atoms with Gasteiger partial charge in [-0.15, -0.1) is 0 Å². The van der Waals surface area contributed by atoms with Gasteiger partial charge in [-0.25, -0.2) is 12.7 Å². The van der Waals surface area contributed by atoms with Crippen LogP contribution in [-0.2, 0) is 16.6 Å². The molecule has 0 aromatic heterocycles. The van der Waals surface area contributed by atoms with Crippen LogP contribution in [0.15, 0.2) is 17.0 Å². The molecule has 0 unspecified atom stereocenters. The van der Waals surface area contributed by atoms with Crippen molar-refractivity contribution in [3.63, 3.8) is 0 Å². The van der Waals surface area contributed by atoms with Crippen LogP contribution in [0.5, 0.6) is 0 Å². The molecule has 0 spiro atoms. The Balaban J connectivity index is 3.05. The number of hydrogen-bond acceptors (Lipinski definition) is 4. The van der Waals surface area contributed by atoms with Crippen molar-refractivity contribution < 1.29 is 13.5 Å². The number of hydrogen-bond donors (Lipinski definition) is 1. The summed E-state index contributed by atoms with van der Waals surface area (Å²) >= 11 is 12.0. The van der Waals surface area contributed by atoms with Crippen LogP contribution in [0.2, 0.25) is 10.0 Å². The van der Waals surface area contributed by atoms with Crippen molar-refractivity contribution >= 4 is 33.2 Å². The molecule has 0 saturated carbocycles. The van der Waals surface area contributed by atoms with Gasteiger partial charge < -0.3 is 10.0 Å². The number of halogens is 2. The lowest BCUT2D eigenvalue weighted by Gasteiger charge is -2.20. The molecular weight excluding hydrogens is 335 g/mol. The Kier molecular flexibility index (Phi) is 6.90. The first-order valence-corrected chi connectivity index (χ1v) is 8.59. The molecule has 1 aromatic rings. The molecular formula is C13H20Cl2N2O3S. The Bertz CT molecular complexity index is 591. The second-order valence-electron chi connectivity index (χ2n) is 5.02. The highest BCUT2D eigenvalue weighted by atomic mass is 35.5. The molecule has 0 amide bonds. The van der Waals surface area contributed by atoms with Crippen molar-refractivity contribution in [2.45, 2.75) is 17.9 Å². The Hall–Kier alpha value is -0.370. The number of sulfonamides is 1. The van der Waals surface area contributed by atoms with E-state index in [2.05, 4.69) is 0 Å². The first-order chi connectivity index (χ1) is 9.70. The second-order valence-corrected chi connectivity index (χ2v) is 7.85. The minimum atomic E-state index is -3.74. The van der Waals surface area contributed by atoms with Crippen molar-refractivity contribution in [3.8, 4) is 0 Å². The normalized spacial score (nSPS) is 12.4. The standard InChI is InChI=1S/C13H20Cl2N2O3S/c1-16(2)5-4-6-17(3)21(19,20)12-8-11(14)7-10(9-18)13(12)15/h7-8,18H,4-6,9H2,1-3H3. The van der Waals surface area contributed by atoms with Crippen molar-refractivity contribution in [2.24, 2.45) is 0 Å². The summed E-state index contributed by atoms with van der Waals surface area (Å²) in [6.45, 7) is 0.787. The van der Waals surface area contributed by atoms with E-state index in [0.29, 0.717) is 18.5 Å². The van der Waals surface area contributed by atoms with E-state index in [-0.39, 0.29) is 21.5 Å². The van der Waals surface area contributed by atoms with Gasteiger partial charge in [0, 0.05) is 18.6 Å². The fourth-order valence-corrected chi connectivity index (χ4v) is 3.92. The van der Waals surface area contributed by atoms with Crippen molar-refractivity contribution in [3.05, 3.63) is 27.7 Å². The third kappa shape index (κ3) is 4.81. The van der Waals surface area contributed by atoms with Crippen LogP contribution in [0, 0.1) is 0 Å². The van der Waals surface area contributed by atoms with E-state index in [1.165, 1.54) is 23.5 Å². The van der Waals surface area contributed by atoms with Gasteiger partial charge in [0.15, 0.2) is 0 Å². The number of benzene rings is 1. The lowest BCUT2D eigenvalue weighted by Crippen LogP contribution is -2.30. The number of nitrogens with zero attached hydrogens (tertiary/aromatic N) is 2. The van der Waals surface area contributed by atoms with Gasteiger partial charge in [0.05, 0.1) is 11.6 Å². The smallest absolute Gasteiger partial charge is 0.244 e. The largest absolute Gasteiger partial charge is 0.392 e. The maximum absolute atomic E-state index is 12.5. The van der Waals surface area contributed by atoms with Crippen LogP contribution >= 0.6 is 23.2 Å². The zero-order valence-electron chi connectivity index (χ0n) is 12.3. The first kappa shape index (κ1) is 18.7. The fraction of sp³-hybridized carbons (Fsp3) is 0.538. The zero-order valence-corrected chi connectivity index (χ0v) is 14.6. The Morgan fingerprint density at radius 1 is 1.14 bits per heavy atom. The lowest BCUT2D eigenvalue weighted by atomic mass is 10.2. The molecule has 120 valence electrons. The van der Waals surface area contributed by atoms with Crippen molar-refractivity contribution in [1.82, 2.24) is 9.21 Å². The summed E-state index contributed by atoms with van der Waals surface area (Å²) < 4.78 is 26.3. The average Bonchev–Trinajstić information content (AvgIpc) is 2.40. The molecule has 0 atom stereocenters. The topological polar surface area (TPSA) is 60.9 Å². The summed E-state index contributed by atoms with van der Waals surface area (Å²) in [4.78, 5) is 1.91. The van der Waals surface area contributed by atoms with Gasteiger partial charge in [-0.3, -0.25) is 0 Å². The van der Waals surface area contributed by atoms with E-state index < -0.39 is 10.0 Å². The van der Waals surface area contributed by atoms with Crippen LogP contribution in [0.3, 0.4) is 0 Å². The zero-order chi connectivity index (χ0) is 16.2. The average molecular weight is 355 g/mol. The van der Waals surface area contributed by atoms with Gasteiger partial charge in [-0.1, -0.05) is 23.2 Å². The molecule has 0 radical (unpaired) electrons. The van der Waals surface area contributed by atoms with Gasteiger partial charge in [-0.05, 0) is 44.8 Å². The van der Waals surface area contributed by atoms with E-state index >= 15 is 0 Å². The van der Waals surface area contributed by atoms with E-state index in [1.54, 1.807) is 0 Å². The van der Waals surface area contributed by atoms with Crippen molar-refractivity contribution in [1.29, 1.82) is 0 Å². The summed E-state index contributed by atoms with van der Waals surface area (Å²) in [5, 5.41) is 9.46. The molecule has 0 aliphatic rings. The van der Waals surface area contributed by atoms with Crippen LogP contribution in [0.25, 0.3) is 0 Å². The van der Waals surface area contributed by atoms with E-state index in [0.717, 1.165) is 6.54 Å². The van der Waals surface area contributed by atoms with Gasteiger partial charge >= 0.3 is 0 Å². The van der Waals surface area contributed by atoms with Crippen LogP contribution < -0.4 is 0 Å². The molecule has 1 rings (SSSR count). The SMILES string of the molecule is CN(C)CCCN(C)S(=O)(=O)c1cc(Cl)cc(CO)c1Cl.